The van der Waals surface area contributed by atoms with Crippen LogP contribution in [0.3, 0.4) is 0 Å². The monoisotopic (exact) mass is 288 g/mol. The fourth-order valence-corrected chi connectivity index (χ4v) is 2.66. The molecule has 0 bridgehead atoms. The number of benzene rings is 1. The van der Waals surface area contributed by atoms with Gasteiger partial charge in [-0.05, 0) is 48.8 Å². The molecule has 0 radical (unpaired) electrons. The molecule has 0 spiro atoms. The van der Waals surface area contributed by atoms with Gasteiger partial charge >= 0.3 is 0 Å². The van der Waals surface area contributed by atoms with Crippen LogP contribution >= 0.6 is 11.6 Å². The lowest BCUT2D eigenvalue weighted by Crippen LogP contribution is -2.39. The van der Waals surface area contributed by atoms with Crippen molar-refractivity contribution >= 4 is 17.3 Å². The molecular formula is C15H13ClN2O2. The largest absolute Gasteiger partial charge is 0.375 e. The molecule has 1 atom stereocenters. The highest BCUT2D eigenvalue weighted by atomic mass is 35.5. The van der Waals surface area contributed by atoms with Crippen molar-refractivity contribution < 1.29 is 4.92 Å². The van der Waals surface area contributed by atoms with Crippen LogP contribution in [0.5, 0.6) is 0 Å². The van der Waals surface area contributed by atoms with E-state index in [1.54, 1.807) is 12.2 Å². The summed E-state index contributed by atoms with van der Waals surface area (Å²) in [4.78, 5) is 10.5. The summed E-state index contributed by atoms with van der Waals surface area (Å²) < 4.78 is 0. The van der Waals surface area contributed by atoms with Gasteiger partial charge in [0, 0.05) is 16.8 Å². The van der Waals surface area contributed by atoms with Gasteiger partial charge in [0.05, 0.1) is 10.5 Å². The van der Waals surface area contributed by atoms with Crippen LogP contribution in [0.1, 0.15) is 18.9 Å². The number of hydrogen-bond acceptors (Lipinski definition) is 3. The topological polar surface area (TPSA) is 55.2 Å². The Balaban J connectivity index is 1.97. The summed E-state index contributed by atoms with van der Waals surface area (Å²) in [5.41, 5.74) is 2.82. The fourth-order valence-electron chi connectivity index (χ4n) is 2.53. The average Bonchev–Trinajstić information content (AvgIpc) is 2.75. The number of nitrogens with one attached hydrogen (secondary N) is 1. The standard InChI is InChI=1S/C15H13ClN2O2/c1-15-7-6-13(18(19)20)8-11(15)9-14(17-15)10-2-4-12(16)5-3-10/h2-6,8-9,17H,7H2,1H3. The summed E-state index contributed by atoms with van der Waals surface area (Å²) in [5, 5.41) is 15.0. The molecule has 0 amide bonds. The minimum Gasteiger partial charge on any atom is -0.375 e. The molecule has 0 fully saturated rings. The Kier molecular flexibility index (Phi) is 2.91. The van der Waals surface area contributed by atoms with Crippen molar-refractivity contribution in [1.82, 2.24) is 5.32 Å². The lowest BCUT2D eigenvalue weighted by molar-refractivity contribution is -0.419. The van der Waals surface area contributed by atoms with Crippen molar-refractivity contribution in [3.63, 3.8) is 0 Å². The highest BCUT2D eigenvalue weighted by Gasteiger charge is 2.37. The zero-order chi connectivity index (χ0) is 14.3. The average molecular weight is 289 g/mol. The molecule has 5 heteroatoms. The summed E-state index contributed by atoms with van der Waals surface area (Å²) in [6.45, 7) is 2.05. The summed E-state index contributed by atoms with van der Waals surface area (Å²) in [5.74, 6) is 0. The van der Waals surface area contributed by atoms with Gasteiger partial charge in [0.1, 0.15) is 0 Å². The number of nitro groups is 1. The molecule has 0 saturated carbocycles. The van der Waals surface area contributed by atoms with E-state index in [1.807, 2.05) is 37.3 Å². The molecule has 1 unspecified atom stereocenters. The molecule has 1 N–H and O–H groups in total. The number of rotatable bonds is 2. The first-order chi connectivity index (χ1) is 9.48. The second-order valence-corrected chi connectivity index (χ2v) is 5.65. The van der Waals surface area contributed by atoms with E-state index in [1.165, 1.54) is 0 Å². The lowest BCUT2D eigenvalue weighted by Gasteiger charge is -2.28. The second-order valence-electron chi connectivity index (χ2n) is 5.21. The molecule has 1 aliphatic carbocycles. The van der Waals surface area contributed by atoms with Gasteiger partial charge in [0.25, 0.3) is 5.70 Å². The van der Waals surface area contributed by atoms with E-state index < -0.39 is 0 Å². The Morgan fingerprint density at radius 1 is 1.30 bits per heavy atom. The van der Waals surface area contributed by atoms with Gasteiger partial charge in [-0.1, -0.05) is 23.7 Å². The maximum atomic E-state index is 10.9. The van der Waals surface area contributed by atoms with Gasteiger partial charge in [-0.25, -0.2) is 0 Å². The van der Waals surface area contributed by atoms with E-state index in [9.17, 15) is 10.1 Å². The first-order valence-corrected chi connectivity index (χ1v) is 6.68. The van der Waals surface area contributed by atoms with E-state index in [4.69, 9.17) is 11.6 Å². The van der Waals surface area contributed by atoms with Gasteiger partial charge in [0.15, 0.2) is 0 Å². The van der Waals surface area contributed by atoms with Gasteiger partial charge in [-0.2, -0.15) is 0 Å². The number of fused-ring (bicyclic) bond motifs is 1. The molecule has 1 aliphatic heterocycles. The van der Waals surface area contributed by atoms with Crippen LogP contribution in [0.2, 0.25) is 5.02 Å². The van der Waals surface area contributed by atoms with Crippen molar-refractivity contribution in [2.75, 3.05) is 0 Å². The minimum absolute atomic E-state index is 0.160. The van der Waals surface area contributed by atoms with Crippen molar-refractivity contribution in [2.45, 2.75) is 18.9 Å². The van der Waals surface area contributed by atoms with Crippen molar-refractivity contribution in [3.05, 3.63) is 74.5 Å². The third kappa shape index (κ3) is 2.12. The lowest BCUT2D eigenvalue weighted by atomic mass is 9.86. The molecule has 1 heterocycles. The molecule has 0 aromatic heterocycles. The van der Waals surface area contributed by atoms with Gasteiger partial charge in [-0.3, -0.25) is 10.1 Å². The zero-order valence-electron chi connectivity index (χ0n) is 10.9. The number of allylic oxidation sites excluding steroid dienone is 1. The Labute approximate surface area is 121 Å². The van der Waals surface area contributed by atoms with E-state index in [-0.39, 0.29) is 16.2 Å². The number of hydrogen-bond donors (Lipinski definition) is 1. The van der Waals surface area contributed by atoms with Crippen LogP contribution in [-0.2, 0) is 0 Å². The molecule has 4 nitrogen and oxygen atoms in total. The predicted molar refractivity (Wildman–Crippen MR) is 78.7 cm³/mol. The highest BCUT2D eigenvalue weighted by molar-refractivity contribution is 6.30. The fraction of sp³-hybridized carbons (Fsp3) is 0.200. The normalized spacial score (nSPS) is 24.2. The van der Waals surface area contributed by atoms with Crippen LogP contribution < -0.4 is 5.32 Å². The van der Waals surface area contributed by atoms with E-state index in [0.717, 1.165) is 16.8 Å². The Hall–Kier alpha value is -2.07. The maximum absolute atomic E-state index is 10.9. The molecular weight excluding hydrogens is 276 g/mol. The SMILES string of the molecule is CC12CC=C([N+](=O)[O-])C=C1C=C(c1ccc(Cl)cc1)N2. The maximum Gasteiger partial charge on any atom is 0.265 e. The summed E-state index contributed by atoms with van der Waals surface area (Å²) >= 11 is 5.89. The predicted octanol–water partition coefficient (Wildman–Crippen LogP) is 3.53. The Morgan fingerprint density at radius 3 is 2.65 bits per heavy atom. The molecule has 2 aliphatic rings. The van der Waals surface area contributed by atoms with Crippen LogP contribution in [0, 0.1) is 10.1 Å². The quantitative estimate of drug-likeness (QED) is 0.669. The molecule has 1 aromatic carbocycles. The number of halogens is 1. The first-order valence-electron chi connectivity index (χ1n) is 6.30. The third-order valence-corrected chi connectivity index (χ3v) is 3.99. The summed E-state index contributed by atoms with van der Waals surface area (Å²) in [6, 6.07) is 7.53. The summed E-state index contributed by atoms with van der Waals surface area (Å²) in [6.07, 6.45) is 5.87. The second kappa shape index (κ2) is 4.49. The van der Waals surface area contributed by atoms with Crippen molar-refractivity contribution in [1.29, 1.82) is 0 Å². The number of nitrogens with zero attached hydrogens (tertiary/aromatic N) is 1. The van der Waals surface area contributed by atoms with Crippen molar-refractivity contribution in [2.24, 2.45) is 0 Å². The van der Waals surface area contributed by atoms with Gasteiger partial charge in [-0.15, -0.1) is 0 Å². The Morgan fingerprint density at radius 2 is 2.00 bits per heavy atom. The smallest absolute Gasteiger partial charge is 0.265 e. The molecule has 102 valence electrons. The molecule has 3 rings (SSSR count). The van der Waals surface area contributed by atoms with E-state index in [2.05, 4.69) is 5.32 Å². The molecule has 20 heavy (non-hydrogen) atoms. The van der Waals surface area contributed by atoms with Crippen LogP contribution in [0.25, 0.3) is 5.70 Å². The highest BCUT2D eigenvalue weighted by Crippen LogP contribution is 2.37. The minimum atomic E-state index is -0.347. The van der Waals surface area contributed by atoms with Crippen molar-refractivity contribution in [3.8, 4) is 0 Å². The molecule has 1 aromatic rings. The van der Waals surface area contributed by atoms with Gasteiger partial charge < -0.3 is 5.32 Å². The van der Waals surface area contributed by atoms with E-state index in [0.29, 0.717) is 11.4 Å². The van der Waals surface area contributed by atoms with Crippen LogP contribution in [-0.4, -0.2) is 10.5 Å². The van der Waals surface area contributed by atoms with Gasteiger partial charge in [0.2, 0.25) is 0 Å². The Bertz CT molecular complexity index is 674. The third-order valence-electron chi connectivity index (χ3n) is 3.74. The van der Waals surface area contributed by atoms with E-state index >= 15 is 0 Å². The van der Waals surface area contributed by atoms with Crippen LogP contribution in [0.4, 0.5) is 0 Å². The molecule has 0 saturated heterocycles. The summed E-state index contributed by atoms with van der Waals surface area (Å²) in [7, 11) is 0. The first kappa shape index (κ1) is 12.9. The van der Waals surface area contributed by atoms with Crippen LogP contribution in [0.15, 0.2) is 53.8 Å². The zero-order valence-corrected chi connectivity index (χ0v) is 11.6.